The minimum atomic E-state index is -0.478. The Labute approximate surface area is 144 Å². The van der Waals surface area contributed by atoms with Gasteiger partial charge in [0.2, 0.25) is 5.71 Å². The Balaban J connectivity index is 1.93. The number of nitrogens with two attached hydrogens (primary N) is 1. The lowest BCUT2D eigenvalue weighted by Gasteiger charge is -2.29. The highest BCUT2D eigenvalue weighted by Gasteiger charge is 2.41. The molecule has 2 aliphatic rings. The van der Waals surface area contributed by atoms with Gasteiger partial charge in [0.05, 0.1) is 16.8 Å². The van der Waals surface area contributed by atoms with Gasteiger partial charge in [-0.15, -0.1) is 0 Å². The fraction of sp³-hybridized carbons (Fsp3) is 0.353. The maximum absolute atomic E-state index is 12.9. The third kappa shape index (κ3) is 2.96. The van der Waals surface area contributed by atoms with E-state index in [4.69, 9.17) is 16.4 Å². The zero-order valence-electron chi connectivity index (χ0n) is 13.6. The van der Waals surface area contributed by atoms with Gasteiger partial charge >= 0.3 is 0 Å². The molecule has 0 radical (unpaired) electrons. The van der Waals surface area contributed by atoms with Crippen LogP contribution in [0.25, 0.3) is 0 Å². The smallest absolute Gasteiger partial charge is 0.263 e. The first-order valence-corrected chi connectivity index (χ1v) is 8.13. The summed E-state index contributed by atoms with van der Waals surface area (Å²) in [6, 6.07) is 6.49. The summed E-state index contributed by atoms with van der Waals surface area (Å²) in [5.41, 5.74) is 8.46. The number of anilines is 1. The summed E-state index contributed by atoms with van der Waals surface area (Å²) >= 11 is 0. The number of hydrazone groups is 1. The number of benzene rings is 1. The lowest BCUT2D eigenvalue weighted by Crippen LogP contribution is -2.40. The van der Waals surface area contributed by atoms with Crippen LogP contribution in [0.2, 0.25) is 0 Å². The monoisotopic (exact) mass is 338 g/mol. The Hall–Kier alpha value is -3.21. The summed E-state index contributed by atoms with van der Waals surface area (Å²) in [6.07, 6.45) is 4.81. The van der Waals surface area contributed by atoms with E-state index in [0.717, 1.165) is 32.1 Å². The van der Waals surface area contributed by atoms with Crippen LogP contribution in [0.15, 0.2) is 23.3 Å². The standard InChI is InChI=1S/C17H18N6O2/c18-9-13(15(19)20)22-21-12-8-4-7-11-14(12)17(25)23(16(11)24)10-5-2-1-3-6-10/h4,7-8,10,21H,1-3,5-6H2,(H3,19,20)/b22-13+. The van der Waals surface area contributed by atoms with Crippen LogP contribution in [0.5, 0.6) is 0 Å². The average Bonchev–Trinajstić information content (AvgIpc) is 2.87. The molecular weight excluding hydrogens is 320 g/mol. The molecular formula is C17H18N6O2. The molecule has 4 N–H and O–H groups in total. The van der Waals surface area contributed by atoms with E-state index in [1.54, 1.807) is 24.3 Å². The molecule has 0 aromatic heterocycles. The zero-order chi connectivity index (χ0) is 18.0. The number of nitriles is 1. The van der Waals surface area contributed by atoms with Crippen LogP contribution in [0.4, 0.5) is 5.69 Å². The second-order valence-corrected chi connectivity index (χ2v) is 6.10. The van der Waals surface area contributed by atoms with Crippen molar-refractivity contribution in [1.29, 1.82) is 10.7 Å². The van der Waals surface area contributed by atoms with Crippen molar-refractivity contribution in [3.8, 4) is 6.07 Å². The van der Waals surface area contributed by atoms with Crippen molar-refractivity contribution in [3.63, 3.8) is 0 Å². The highest BCUT2D eigenvalue weighted by atomic mass is 16.2. The molecule has 1 saturated carbocycles. The van der Waals surface area contributed by atoms with Crippen LogP contribution in [-0.4, -0.2) is 34.3 Å². The van der Waals surface area contributed by atoms with E-state index in [1.807, 2.05) is 0 Å². The molecule has 1 aromatic carbocycles. The van der Waals surface area contributed by atoms with Crippen molar-refractivity contribution in [2.75, 3.05) is 5.43 Å². The SMILES string of the molecule is N#C/C(=N\Nc1cccc2c1C(=O)N(C1CCCCC1)C2=O)C(=N)N. The maximum atomic E-state index is 12.9. The van der Waals surface area contributed by atoms with Gasteiger partial charge in [-0.25, -0.2) is 0 Å². The van der Waals surface area contributed by atoms with Crippen molar-refractivity contribution >= 4 is 29.0 Å². The number of hydrogen-bond donors (Lipinski definition) is 3. The van der Waals surface area contributed by atoms with Crippen LogP contribution in [-0.2, 0) is 0 Å². The van der Waals surface area contributed by atoms with Gasteiger partial charge in [-0.1, -0.05) is 25.3 Å². The second kappa shape index (κ2) is 6.73. The van der Waals surface area contributed by atoms with Gasteiger partial charge in [0.1, 0.15) is 6.07 Å². The van der Waals surface area contributed by atoms with Gasteiger partial charge in [0.15, 0.2) is 5.84 Å². The van der Waals surface area contributed by atoms with Gasteiger partial charge in [-0.2, -0.15) is 10.4 Å². The van der Waals surface area contributed by atoms with Crippen molar-refractivity contribution in [2.45, 2.75) is 38.1 Å². The van der Waals surface area contributed by atoms with Crippen LogP contribution in [0.1, 0.15) is 52.8 Å². The van der Waals surface area contributed by atoms with Gasteiger partial charge < -0.3 is 5.73 Å². The van der Waals surface area contributed by atoms with E-state index in [-0.39, 0.29) is 29.1 Å². The topological polar surface area (TPSA) is 135 Å². The molecule has 1 aromatic rings. The molecule has 1 aliphatic heterocycles. The minimum Gasteiger partial charge on any atom is -0.382 e. The summed E-state index contributed by atoms with van der Waals surface area (Å²) < 4.78 is 0. The molecule has 0 atom stereocenters. The number of fused-ring (bicyclic) bond motifs is 1. The van der Waals surface area contributed by atoms with Gasteiger partial charge in [0.25, 0.3) is 11.8 Å². The number of hydrogen-bond acceptors (Lipinski definition) is 6. The molecule has 3 rings (SSSR count). The first-order valence-electron chi connectivity index (χ1n) is 8.13. The average molecular weight is 338 g/mol. The molecule has 0 spiro atoms. The lowest BCUT2D eigenvalue weighted by atomic mass is 9.94. The molecule has 1 fully saturated rings. The van der Waals surface area contributed by atoms with Crippen LogP contribution in [0, 0.1) is 16.7 Å². The Morgan fingerprint density at radius 1 is 1.28 bits per heavy atom. The Kier molecular flexibility index (Phi) is 4.48. The van der Waals surface area contributed by atoms with E-state index in [0.29, 0.717) is 11.3 Å². The number of carbonyl (C=O) groups excluding carboxylic acids is 2. The molecule has 128 valence electrons. The van der Waals surface area contributed by atoms with Crippen molar-refractivity contribution in [1.82, 2.24) is 4.90 Å². The van der Waals surface area contributed by atoms with Gasteiger partial charge in [0, 0.05) is 6.04 Å². The van der Waals surface area contributed by atoms with Crippen molar-refractivity contribution in [2.24, 2.45) is 10.8 Å². The summed E-state index contributed by atoms with van der Waals surface area (Å²) in [4.78, 5) is 26.9. The predicted octanol–water partition coefficient (Wildman–Crippen LogP) is 1.84. The van der Waals surface area contributed by atoms with E-state index in [1.165, 1.54) is 4.90 Å². The van der Waals surface area contributed by atoms with Crippen LogP contribution >= 0.6 is 0 Å². The minimum absolute atomic E-state index is 0.0654. The van der Waals surface area contributed by atoms with Crippen molar-refractivity contribution < 1.29 is 9.59 Å². The predicted molar refractivity (Wildman–Crippen MR) is 92.4 cm³/mol. The summed E-state index contributed by atoms with van der Waals surface area (Å²) in [7, 11) is 0. The van der Waals surface area contributed by atoms with Crippen molar-refractivity contribution in [3.05, 3.63) is 29.3 Å². The maximum Gasteiger partial charge on any atom is 0.263 e. The first kappa shape index (κ1) is 16.6. The van der Waals surface area contributed by atoms with Gasteiger partial charge in [-0.05, 0) is 25.0 Å². The highest BCUT2D eigenvalue weighted by Crippen LogP contribution is 2.34. The lowest BCUT2D eigenvalue weighted by molar-refractivity contribution is 0.0549. The third-order valence-electron chi connectivity index (χ3n) is 4.54. The largest absolute Gasteiger partial charge is 0.382 e. The number of amidine groups is 1. The normalized spacial score (nSPS) is 18.0. The van der Waals surface area contributed by atoms with E-state index in [9.17, 15) is 9.59 Å². The van der Waals surface area contributed by atoms with Crippen LogP contribution in [0.3, 0.4) is 0 Å². The Morgan fingerprint density at radius 3 is 2.64 bits per heavy atom. The number of carbonyl (C=O) groups is 2. The fourth-order valence-corrected chi connectivity index (χ4v) is 3.33. The van der Waals surface area contributed by atoms with Gasteiger partial charge in [-0.3, -0.25) is 25.3 Å². The number of imide groups is 1. The number of rotatable bonds is 4. The molecule has 2 amide bonds. The van der Waals surface area contributed by atoms with E-state index < -0.39 is 5.84 Å². The number of nitrogens with one attached hydrogen (secondary N) is 2. The fourth-order valence-electron chi connectivity index (χ4n) is 3.33. The van der Waals surface area contributed by atoms with E-state index in [2.05, 4.69) is 10.5 Å². The first-order chi connectivity index (χ1) is 12.0. The molecule has 8 heteroatoms. The highest BCUT2D eigenvalue weighted by molar-refractivity contribution is 6.45. The summed E-state index contributed by atoms with van der Waals surface area (Å²) in [6.45, 7) is 0. The Bertz CT molecular complexity index is 817. The zero-order valence-corrected chi connectivity index (χ0v) is 13.6. The van der Waals surface area contributed by atoms with Crippen LogP contribution < -0.4 is 11.2 Å². The molecule has 1 aliphatic carbocycles. The summed E-state index contributed by atoms with van der Waals surface area (Å²) in [5.74, 6) is -1.10. The third-order valence-corrected chi connectivity index (χ3v) is 4.54. The number of nitrogens with zero attached hydrogens (tertiary/aromatic N) is 3. The second-order valence-electron chi connectivity index (χ2n) is 6.10. The molecule has 8 nitrogen and oxygen atoms in total. The molecule has 0 unspecified atom stereocenters. The number of amides is 2. The quantitative estimate of drug-likeness (QED) is 0.333. The molecule has 1 heterocycles. The Morgan fingerprint density at radius 2 is 2.00 bits per heavy atom. The van der Waals surface area contributed by atoms with E-state index >= 15 is 0 Å². The molecule has 0 bridgehead atoms. The molecule has 25 heavy (non-hydrogen) atoms. The molecule has 0 saturated heterocycles. The summed E-state index contributed by atoms with van der Waals surface area (Å²) in [5, 5.41) is 19.9.